The maximum atomic E-state index is 12.5. The number of amides is 3. The Morgan fingerprint density at radius 2 is 1.39 bits per heavy atom. The van der Waals surface area contributed by atoms with Gasteiger partial charge in [0.25, 0.3) is 0 Å². The highest BCUT2D eigenvalue weighted by atomic mass is 32.1. The van der Waals surface area contributed by atoms with Crippen LogP contribution in [0.25, 0.3) is 0 Å². The fraction of sp³-hybridized carbons (Fsp3) is 0.647. The topological polar surface area (TPSA) is 279 Å². The fourth-order valence-electron chi connectivity index (χ4n) is 2.42. The molecule has 15 nitrogen and oxygen atoms in total. The Bertz CT molecular complexity index is 725. The molecule has 0 spiro atoms. The quantitative estimate of drug-likeness (QED) is 0.0428. The number of carbonyl (C=O) groups excluding carboxylic acids is 3. The number of hydrogen-bond donors (Lipinski definition) is 10. The Morgan fingerprint density at radius 1 is 0.848 bits per heavy atom. The minimum Gasteiger partial charge on any atom is -0.480 e. The number of thiol groups is 1. The standard InChI is InChI=1S/C17H34N10O5S/c18-9(3-1-5-23-16(19)20)13(29)25-7-12(28)26-10(4-2-6-24-17(21)22)14(30)27-11(8-33)15(31)32/h9-11,33H,1-8,18H2,(H,25,29)(H,26,28)(H,27,30)(H,31,32)(H4,19,20,23)(H4,21,22,24). The number of guanidine groups is 2. The molecule has 0 heterocycles. The summed E-state index contributed by atoms with van der Waals surface area (Å²) in [5.74, 6) is -3.57. The van der Waals surface area contributed by atoms with Crippen LogP contribution >= 0.6 is 12.6 Å². The predicted octanol–water partition coefficient (Wildman–Crippen LogP) is -4.48. The lowest BCUT2D eigenvalue weighted by molar-refractivity contribution is -0.141. The molecule has 0 saturated carbocycles. The van der Waals surface area contributed by atoms with Crippen molar-refractivity contribution in [1.29, 1.82) is 0 Å². The molecular weight excluding hydrogens is 456 g/mol. The first-order chi connectivity index (χ1) is 15.5. The van der Waals surface area contributed by atoms with Crippen molar-refractivity contribution in [1.82, 2.24) is 16.0 Å². The van der Waals surface area contributed by atoms with E-state index in [2.05, 4.69) is 38.6 Å². The summed E-state index contributed by atoms with van der Waals surface area (Å²) in [7, 11) is 0. The van der Waals surface area contributed by atoms with E-state index in [1.54, 1.807) is 0 Å². The van der Waals surface area contributed by atoms with E-state index in [1.165, 1.54) is 0 Å². The van der Waals surface area contributed by atoms with Crippen LogP contribution in [0.3, 0.4) is 0 Å². The predicted molar refractivity (Wildman–Crippen MR) is 126 cm³/mol. The number of aliphatic carboxylic acids is 1. The van der Waals surface area contributed by atoms with E-state index in [9.17, 15) is 19.2 Å². The molecule has 0 rings (SSSR count). The highest BCUT2D eigenvalue weighted by molar-refractivity contribution is 7.80. The Balaban J connectivity index is 4.80. The third kappa shape index (κ3) is 14.4. The molecule has 0 fully saturated rings. The molecule has 0 saturated heterocycles. The Kier molecular flexibility index (Phi) is 14.8. The van der Waals surface area contributed by atoms with Gasteiger partial charge in [-0.1, -0.05) is 0 Å². The molecule has 0 aromatic rings. The van der Waals surface area contributed by atoms with Crippen LogP contribution in [0.4, 0.5) is 0 Å². The second-order valence-corrected chi connectivity index (χ2v) is 7.29. The van der Waals surface area contributed by atoms with Crippen molar-refractivity contribution in [2.45, 2.75) is 43.8 Å². The molecule has 188 valence electrons. The van der Waals surface area contributed by atoms with E-state index in [1.807, 2.05) is 0 Å². The summed E-state index contributed by atoms with van der Waals surface area (Å²) in [6.07, 6.45) is 1.19. The largest absolute Gasteiger partial charge is 0.480 e. The molecule has 3 atom stereocenters. The van der Waals surface area contributed by atoms with Gasteiger partial charge in [-0.15, -0.1) is 0 Å². The highest BCUT2D eigenvalue weighted by Gasteiger charge is 2.26. The van der Waals surface area contributed by atoms with Crippen molar-refractivity contribution in [2.75, 3.05) is 25.4 Å². The van der Waals surface area contributed by atoms with Crippen LogP contribution < -0.4 is 44.6 Å². The maximum absolute atomic E-state index is 12.5. The van der Waals surface area contributed by atoms with Crippen LogP contribution in [0.5, 0.6) is 0 Å². The van der Waals surface area contributed by atoms with E-state index in [-0.39, 0.29) is 30.6 Å². The smallest absolute Gasteiger partial charge is 0.327 e. The van der Waals surface area contributed by atoms with Crippen molar-refractivity contribution >= 4 is 48.2 Å². The normalized spacial score (nSPS) is 13.0. The van der Waals surface area contributed by atoms with E-state index in [0.29, 0.717) is 25.8 Å². The molecule has 0 bridgehead atoms. The summed E-state index contributed by atoms with van der Waals surface area (Å²) >= 11 is 3.88. The number of nitrogens with zero attached hydrogens (tertiary/aromatic N) is 2. The minimum absolute atomic E-state index is 0.0642. The number of carbonyl (C=O) groups is 4. The lowest BCUT2D eigenvalue weighted by atomic mass is 10.1. The second kappa shape index (κ2) is 16.4. The molecule has 0 radical (unpaired) electrons. The molecule has 3 amide bonds. The average Bonchev–Trinajstić information content (AvgIpc) is 2.74. The molecule has 3 unspecified atom stereocenters. The molecule has 33 heavy (non-hydrogen) atoms. The molecule has 16 heteroatoms. The lowest BCUT2D eigenvalue weighted by Gasteiger charge is -2.21. The van der Waals surface area contributed by atoms with Crippen molar-refractivity contribution in [3.05, 3.63) is 0 Å². The zero-order valence-electron chi connectivity index (χ0n) is 18.2. The molecule has 0 aromatic carbocycles. The minimum atomic E-state index is -1.27. The third-order valence-electron chi connectivity index (χ3n) is 4.12. The number of aliphatic imine (C=N–C) groups is 2. The van der Waals surface area contributed by atoms with Crippen LogP contribution in [-0.4, -0.2) is 84.2 Å². The van der Waals surface area contributed by atoms with Crippen molar-refractivity contribution in [2.24, 2.45) is 38.7 Å². The van der Waals surface area contributed by atoms with Gasteiger partial charge in [0.1, 0.15) is 12.1 Å². The molecule has 0 aliphatic carbocycles. The number of nitrogens with one attached hydrogen (secondary N) is 3. The third-order valence-corrected chi connectivity index (χ3v) is 4.49. The Morgan fingerprint density at radius 3 is 1.88 bits per heavy atom. The second-order valence-electron chi connectivity index (χ2n) is 6.92. The van der Waals surface area contributed by atoms with Gasteiger partial charge in [0.15, 0.2) is 11.9 Å². The van der Waals surface area contributed by atoms with Gasteiger partial charge < -0.3 is 49.7 Å². The molecule has 0 aliphatic rings. The summed E-state index contributed by atoms with van der Waals surface area (Å²) < 4.78 is 0. The SMILES string of the molecule is NC(N)=NCCCC(N)C(=O)NCC(=O)NC(CCCN=C(N)N)C(=O)NC(CS)C(=O)O. The summed E-state index contributed by atoms with van der Waals surface area (Å²) in [6.45, 7) is 0.0689. The number of nitrogens with two attached hydrogens (primary N) is 5. The number of hydrogen-bond acceptors (Lipinski definition) is 8. The summed E-state index contributed by atoms with van der Waals surface area (Å²) in [5, 5.41) is 16.2. The Labute approximate surface area is 196 Å². The molecular formula is C17H34N10O5S. The number of rotatable bonds is 16. The first-order valence-corrected chi connectivity index (χ1v) is 10.7. The molecule has 0 aromatic heterocycles. The highest BCUT2D eigenvalue weighted by Crippen LogP contribution is 2.01. The maximum Gasteiger partial charge on any atom is 0.327 e. The van der Waals surface area contributed by atoms with Crippen molar-refractivity contribution in [3.63, 3.8) is 0 Å². The molecule has 0 aliphatic heterocycles. The van der Waals surface area contributed by atoms with Gasteiger partial charge in [-0.25, -0.2) is 4.79 Å². The van der Waals surface area contributed by atoms with E-state index in [4.69, 9.17) is 33.8 Å². The first kappa shape index (κ1) is 29.7. The van der Waals surface area contributed by atoms with Gasteiger partial charge in [-0.3, -0.25) is 24.4 Å². The number of carboxylic acids is 1. The van der Waals surface area contributed by atoms with Gasteiger partial charge in [0.05, 0.1) is 12.6 Å². The average molecular weight is 491 g/mol. The van der Waals surface area contributed by atoms with Gasteiger partial charge in [-0.05, 0) is 25.7 Å². The molecule has 14 N–H and O–H groups in total. The number of carboxylic acid groups (broad SMARTS) is 1. The van der Waals surface area contributed by atoms with Crippen LogP contribution in [0.1, 0.15) is 25.7 Å². The van der Waals surface area contributed by atoms with E-state index < -0.39 is 48.4 Å². The summed E-state index contributed by atoms with van der Waals surface area (Å²) in [6, 6.07) is -3.20. The van der Waals surface area contributed by atoms with Crippen LogP contribution in [0.15, 0.2) is 9.98 Å². The van der Waals surface area contributed by atoms with Crippen molar-refractivity contribution in [3.8, 4) is 0 Å². The van der Waals surface area contributed by atoms with Crippen LogP contribution in [0.2, 0.25) is 0 Å². The van der Waals surface area contributed by atoms with Gasteiger partial charge in [0, 0.05) is 18.8 Å². The Hall–Kier alpha value is -3.27. The van der Waals surface area contributed by atoms with E-state index >= 15 is 0 Å². The summed E-state index contributed by atoms with van der Waals surface area (Å²) in [4.78, 5) is 55.5. The first-order valence-electron chi connectivity index (χ1n) is 10.0. The van der Waals surface area contributed by atoms with Gasteiger partial charge in [-0.2, -0.15) is 12.6 Å². The fourth-order valence-corrected chi connectivity index (χ4v) is 2.67. The monoisotopic (exact) mass is 490 g/mol. The zero-order valence-corrected chi connectivity index (χ0v) is 19.1. The lowest BCUT2D eigenvalue weighted by Crippen LogP contribution is -2.54. The van der Waals surface area contributed by atoms with Gasteiger partial charge in [0.2, 0.25) is 17.7 Å². The van der Waals surface area contributed by atoms with E-state index in [0.717, 1.165) is 0 Å². The van der Waals surface area contributed by atoms with Crippen molar-refractivity contribution < 1.29 is 24.3 Å². The summed E-state index contributed by atoms with van der Waals surface area (Å²) in [5.41, 5.74) is 26.7. The van der Waals surface area contributed by atoms with Gasteiger partial charge >= 0.3 is 5.97 Å². The van der Waals surface area contributed by atoms with Crippen LogP contribution in [-0.2, 0) is 19.2 Å². The zero-order chi connectivity index (χ0) is 25.4. The van der Waals surface area contributed by atoms with Crippen LogP contribution in [0, 0.1) is 0 Å².